The molecule has 0 spiro atoms. The van der Waals surface area contributed by atoms with Crippen molar-refractivity contribution in [1.82, 2.24) is 4.57 Å². The van der Waals surface area contributed by atoms with E-state index in [1.54, 1.807) is 0 Å². The SMILES string of the molecule is CC.c1ccc(-c2c3ccccc3c(-c3ccc(-n4c5ccccc5c5cc(-c6ccc(-c7ccc8ccccc8c7)cc6)ccc54)cc3)c3ccccc23)cc1. The normalized spacial score (nSPS) is 11.3. The van der Waals surface area contributed by atoms with Gasteiger partial charge in [0.15, 0.2) is 0 Å². The van der Waals surface area contributed by atoms with Crippen molar-refractivity contribution in [2.75, 3.05) is 0 Å². The Morgan fingerprint density at radius 3 is 1.30 bits per heavy atom. The molecule has 0 saturated heterocycles. The van der Waals surface area contributed by atoms with Gasteiger partial charge in [0.25, 0.3) is 0 Å². The summed E-state index contributed by atoms with van der Waals surface area (Å²) in [4.78, 5) is 0. The van der Waals surface area contributed by atoms with Crippen molar-refractivity contribution in [1.29, 1.82) is 0 Å². The zero-order chi connectivity index (χ0) is 38.3. The van der Waals surface area contributed by atoms with Gasteiger partial charge in [-0.1, -0.05) is 190 Å². The van der Waals surface area contributed by atoms with E-state index in [1.165, 1.54) is 98.6 Å². The molecule has 0 fully saturated rings. The van der Waals surface area contributed by atoms with Crippen LogP contribution in [-0.2, 0) is 0 Å². The Labute approximate surface area is 333 Å². The molecule has 0 aliphatic carbocycles. The first kappa shape index (κ1) is 34.3. The molecule has 1 nitrogen and oxygen atoms in total. The Balaban J connectivity index is 0.00000195. The van der Waals surface area contributed by atoms with Crippen molar-refractivity contribution in [2.45, 2.75) is 13.8 Å². The fraction of sp³-hybridized carbons (Fsp3) is 0.0357. The number of rotatable bonds is 5. The number of hydrogen-bond donors (Lipinski definition) is 0. The van der Waals surface area contributed by atoms with E-state index in [-0.39, 0.29) is 0 Å². The molecule has 270 valence electrons. The second-order valence-electron chi connectivity index (χ2n) is 14.5. The van der Waals surface area contributed by atoms with E-state index in [2.05, 4.69) is 217 Å². The maximum Gasteiger partial charge on any atom is 0.0541 e. The molecule has 0 radical (unpaired) electrons. The van der Waals surface area contributed by atoms with Gasteiger partial charge < -0.3 is 4.57 Å². The lowest BCUT2D eigenvalue weighted by atomic mass is 9.86. The van der Waals surface area contributed by atoms with Crippen molar-refractivity contribution >= 4 is 54.1 Å². The van der Waals surface area contributed by atoms with Gasteiger partial charge in [0, 0.05) is 16.5 Å². The molecule has 11 rings (SSSR count). The van der Waals surface area contributed by atoms with Gasteiger partial charge in [0.05, 0.1) is 11.0 Å². The van der Waals surface area contributed by atoms with Crippen LogP contribution in [0.15, 0.2) is 212 Å². The van der Waals surface area contributed by atoms with Crippen LogP contribution in [0.1, 0.15) is 13.8 Å². The Hall–Kier alpha value is -7.22. The van der Waals surface area contributed by atoms with E-state index in [9.17, 15) is 0 Å². The first-order valence-electron chi connectivity index (χ1n) is 20.0. The third-order valence-corrected chi connectivity index (χ3v) is 11.4. The Morgan fingerprint density at radius 2 is 0.684 bits per heavy atom. The molecule has 10 aromatic carbocycles. The number of para-hydroxylation sites is 1. The number of hydrogen-bond acceptors (Lipinski definition) is 0. The second-order valence-corrected chi connectivity index (χ2v) is 14.5. The summed E-state index contributed by atoms with van der Waals surface area (Å²) in [5, 5.41) is 10.1. The Kier molecular flexibility index (Phi) is 8.69. The molecule has 1 heteroatoms. The van der Waals surface area contributed by atoms with Crippen LogP contribution < -0.4 is 0 Å². The minimum Gasteiger partial charge on any atom is -0.309 e. The van der Waals surface area contributed by atoms with Crippen molar-refractivity contribution in [3.05, 3.63) is 212 Å². The molecule has 0 bridgehead atoms. The van der Waals surface area contributed by atoms with Crippen LogP contribution in [0.4, 0.5) is 0 Å². The standard InChI is InChI=1S/C54H35N.C2H6/c1-2-13-39(14-3-1)53-46-17-6-8-19-48(46)54(49-20-9-7-18-47(49)53)40-28-31-44(32-29-40)55-51-21-11-10-16-45(51)50-35-43(30-33-52(50)55)38-24-22-37(23-25-38)42-27-26-36-12-4-5-15-41(36)34-42;1-2/h1-35H;1-2H3. The van der Waals surface area contributed by atoms with E-state index in [0.717, 1.165) is 5.69 Å². The van der Waals surface area contributed by atoms with Crippen molar-refractivity contribution in [3.8, 4) is 50.2 Å². The average Bonchev–Trinajstić information content (AvgIpc) is 3.63. The highest BCUT2D eigenvalue weighted by Crippen LogP contribution is 2.44. The highest BCUT2D eigenvalue weighted by Gasteiger charge is 2.18. The van der Waals surface area contributed by atoms with E-state index in [0.29, 0.717) is 0 Å². The summed E-state index contributed by atoms with van der Waals surface area (Å²) >= 11 is 0. The summed E-state index contributed by atoms with van der Waals surface area (Å²) in [6.07, 6.45) is 0. The van der Waals surface area contributed by atoms with Gasteiger partial charge in [-0.25, -0.2) is 0 Å². The van der Waals surface area contributed by atoms with Gasteiger partial charge in [-0.3, -0.25) is 0 Å². The van der Waals surface area contributed by atoms with Crippen LogP contribution in [0, 0.1) is 0 Å². The molecule has 0 aliphatic heterocycles. The fourth-order valence-electron chi connectivity index (χ4n) is 8.79. The van der Waals surface area contributed by atoms with Crippen molar-refractivity contribution in [2.24, 2.45) is 0 Å². The number of nitrogens with zero attached hydrogens (tertiary/aromatic N) is 1. The molecule has 57 heavy (non-hydrogen) atoms. The summed E-state index contributed by atoms with van der Waals surface area (Å²) < 4.78 is 2.41. The fourth-order valence-corrected chi connectivity index (χ4v) is 8.79. The largest absolute Gasteiger partial charge is 0.309 e. The predicted molar refractivity (Wildman–Crippen MR) is 246 cm³/mol. The van der Waals surface area contributed by atoms with Gasteiger partial charge in [0.1, 0.15) is 0 Å². The van der Waals surface area contributed by atoms with Crippen LogP contribution in [0.2, 0.25) is 0 Å². The van der Waals surface area contributed by atoms with E-state index in [1.807, 2.05) is 13.8 Å². The monoisotopic (exact) mass is 727 g/mol. The molecule has 0 unspecified atom stereocenters. The lowest BCUT2D eigenvalue weighted by Crippen LogP contribution is -1.94. The summed E-state index contributed by atoms with van der Waals surface area (Å²) in [6, 6.07) is 77.7. The lowest BCUT2D eigenvalue weighted by Gasteiger charge is -2.18. The van der Waals surface area contributed by atoms with Gasteiger partial charge in [-0.15, -0.1) is 0 Å². The maximum atomic E-state index is 2.41. The lowest BCUT2D eigenvalue weighted by molar-refractivity contribution is 1.18. The third kappa shape index (κ3) is 5.88. The molecular weight excluding hydrogens is 687 g/mol. The van der Waals surface area contributed by atoms with E-state index >= 15 is 0 Å². The molecule has 0 aliphatic rings. The second kappa shape index (κ2) is 14.5. The quantitative estimate of drug-likeness (QED) is 0.156. The van der Waals surface area contributed by atoms with Gasteiger partial charge >= 0.3 is 0 Å². The van der Waals surface area contributed by atoms with Gasteiger partial charge in [-0.05, 0) is 113 Å². The third-order valence-electron chi connectivity index (χ3n) is 11.4. The summed E-state index contributed by atoms with van der Waals surface area (Å²) in [5.41, 5.74) is 13.5. The molecule has 0 saturated carbocycles. The minimum atomic E-state index is 1.15. The number of fused-ring (bicyclic) bond motifs is 6. The van der Waals surface area contributed by atoms with E-state index < -0.39 is 0 Å². The molecule has 11 aromatic rings. The Bertz CT molecular complexity index is 3170. The van der Waals surface area contributed by atoms with Crippen LogP contribution >= 0.6 is 0 Å². The summed E-state index contributed by atoms with van der Waals surface area (Å²) in [7, 11) is 0. The van der Waals surface area contributed by atoms with Crippen molar-refractivity contribution in [3.63, 3.8) is 0 Å². The molecule has 1 heterocycles. The smallest absolute Gasteiger partial charge is 0.0541 e. The molecule has 0 atom stereocenters. The summed E-state index contributed by atoms with van der Waals surface area (Å²) in [5.74, 6) is 0. The highest BCUT2D eigenvalue weighted by atomic mass is 15.0. The maximum absolute atomic E-state index is 2.41. The van der Waals surface area contributed by atoms with E-state index in [4.69, 9.17) is 0 Å². The highest BCUT2D eigenvalue weighted by molar-refractivity contribution is 6.21. The number of benzene rings is 10. The topological polar surface area (TPSA) is 4.93 Å². The number of aromatic nitrogens is 1. The van der Waals surface area contributed by atoms with Crippen LogP contribution in [-0.4, -0.2) is 4.57 Å². The van der Waals surface area contributed by atoms with Gasteiger partial charge in [-0.2, -0.15) is 0 Å². The molecular formula is C56H41N. The zero-order valence-corrected chi connectivity index (χ0v) is 32.2. The minimum absolute atomic E-state index is 1.15. The van der Waals surface area contributed by atoms with Gasteiger partial charge in [0.2, 0.25) is 0 Å². The Morgan fingerprint density at radius 1 is 0.263 bits per heavy atom. The first-order chi connectivity index (χ1) is 28.3. The zero-order valence-electron chi connectivity index (χ0n) is 32.2. The van der Waals surface area contributed by atoms with Crippen molar-refractivity contribution < 1.29 is 0 Å². The van der Waals surface area contributed by atoms with Crippen LogP contribution in [0.3, 0.4) is 0 Å². The predicted octanol–water partition coefficient (Wildman–Crippen LogP) is 15.9. The average molecular weight is 728 g/mol. The van der Waals surface area contributed by atoms with Crippen LogP contribution in [0.5, 0.6) is 0 Å². The van der Waals surface area contributed by atoms with Crippen LogP contribution in [0.25, 0.3) is 104 Å². The molecule has 0 amide bonds. The first-order valence-corrected chi connectivity index (χ1v) is 20.0. The summed E-state index contributed by atoms with van der Waals surface area (Å²) in [6.45, 7) is 4.00. The molecule has 1 aromatic heterocycles. The molecule has 0 N–H and O–H groups in total.